The van der Waals surface area contributed by atoms with E-state index in [4.69, 9.17) is 23.4 Å². The number of aliphatic hydroxyl groups is 6. The Labute approximate surface area is 246 Å². The number of ether oxygens (including phenoxy) is 4. The van der Waals surface area contributed by atoms with Gasteiger partial charge in [0.25, 0.3) is 0 Å². The van der Waals surface area contributed by atoms with Crippen LogP contribution in [0.15, 0.2) is 33.5 Å². The largest absolute Gasteiger partial charge is 0.508 e. The molecule has 3 aromatic rings. The first-order valence-corrected chi connectivity index (χ1v) is 13.2. The fraction of sp³-hybridized carbons (Fsp3) is 0.444. The highest BCUT2D eigenvalue weighted by atomic mass is 16.8. The van der Waals surface area contributed by atoms with E-state index in [0.29, 0.717) is 0 Å². The summed E-state index contributed by atoms with van der Waals surface area (Å²) in [7, 11) is 0. The summed E-state index contributed by atoms with van der Waals surface area (Å²) in [6.45, 7) is 0.531. The summed E-state index contributed by atoms with van der Waals surface area (Å²) in [4.78, 5) is 13.7. The Morgan fingerprint density at radius 2 is 1.43 bits per heavy atom. The van der Waals surface area contributed by atoms with Crippen molar-refractivity contribution in [3.63, 3.8) is 0 Å². The van der Waals surface area contributed by atoms with Gasteiger partial charge in [-0.25, -0.2) is 0 Å². The van der Waals surface area contributed by atoms with Crippen LogP contribution in [0.5, 0.6) is 34.5 Å². The number of phenols is 5. The molecule has 240 valence electrons. The van der Waals surface area contributed by atoms with Gasteiger partial charge in [-0.15, -0.1) is 0 Å². The summed E-state index contributed by atoms with van der Waals surface area (Å²) >= 11 is 0. The van der Waals surface area contributed by atoms with Crippen molar-refractivity contribution in [1.82, 2.24) is 0 Å². The summed E-state index contributed by atoms with van der Waals surface area (Å²) in [5, 5.41) is 112. The van der Waals surface area contributed by atoms with E-state index in [1.54, 1.807) is 0 Å². The predicted molar refractivity (Wildman–Crippen MR) is 142 cm³/mol. The van der Waals surface area contributed by atoms with E-state index in [1.807, 2.05) is 0 Å². The van der Waals surface area contributed by atoms with Gasteiger partial charge < -0.3 is 79.5 Å². The van der Waals surface area contributed by atoms with E-state index < -0.39 is 119 Å². The van der Waals surface area contributed by atoms with Crippen LogP contribution in [-0.2, 0) is 14.2 Å². The molecular weight excluding hydrogens is 596 g/mol. The molecular formula is C27H30O17. The highest BCUT2D eigenvalue weighted by molar-refractivity contribution is 5.88. The van der Waals surface area contributed by atoms with Crippen LogP contribution in [0.4, 0.5) is 0 Å². The van der Waals surface area contributed by atoms with E-state index in [2.05, 4.69) is 0 Å². The molecule has 0 saturated carbocycles. The van der Waals surface area contributed by atoms with Crippen molar-refractivity contribution in [2.75, 3.05) is 6.61 Å². The molecule has 17 heteroatoms. The monoisotopic (exact) mass is 626 g/mol. The van der Waals surface area contributed by atoms with Crippen LogP contribution in [0.1, 0.15) is 6.92 Å². The van der Waals surface area contributed by atoms with Crippen LogP contribution in [0.2, 0.25) is 0 Å². The fourth-order valence-electron chi connectivity index (χ4n) is 4.99. The molecule has 2 fully saturated rings. The van der Waals surface area contributed by atoms with Gasteiger partial charge in [-0.1, -0.05) is 0 Å². The van der Waals surface area contributed by atoms with Crippen LogP contribution >= 0.6 is 0 Å². The molecule has 1 aromatic heterocycles. The third-order valence-electron chi connectivity index (χ3n) is 7.41. The minimum atomic E-state index is -1.94. The van der Waals surface area contributed by atoms with Gasteiger partial charge in [0, 0.05) is 17.7 Å². The van der Waals surface area contributed by atoms with E-state index in [9.17, 15) is 61.0 Å². The maximum absolute atomic E-state index is 13.7. The van der Waals surface area contributed by atoms with E-state index in [-0.39, 0.29) is 11.1 Å². The van der Waals surface area contributed by atoms with Gasteiger partial charge in [0.2, 0.25) is 17.5 Å². The molecule has 2 aliphatic rings. The molecule has 0 aliphatic carbocycles. The van der Waals surface area contributed by atoms with Gasteiger partial charge >= 0.3 is 0 Å². The minimum absolute atomic E-state index is 0.259. The number of phenolic OH excluding ortho intramolecular Hbond substituents is 5. The molecule has 10 atom stereocenters. The summed E-state index contributed by atoms with van der Waals surface area (Å²) in [6.07, 6.45) is -17.1. The van der Waals surface area contributed by atoms with Crippen molar-refractivity contribution in [3.8, 4) is 45.8 Å². The van der Waals surface area contributed by atoms with Crippen LogP contribution in [0.3, 0.4) is 0 Å². The normalized spacial score (nSPS) is 32.5. The van der Waals surface area contributed by atoms with Gasteiger partial charge in [-0.05, 0) is 19.1 Å². The summed E-state index contributed by atoms with van der Waals surface area (Å²) in [5.74, 6) is -5.11. The average molecular weight is 627 g/mol. The summed E-state index contributed by atoms with van der Waals surface area (Å²) < 4.78 is 28.2. The van der Waals surface area contributed by atoms with Gasteiger partial charge in [0.05, 0.1) is 12.7 Å². The molecule has 0 spiro atoms. The third-order valence-corrected chi connectivity index (χ3v) is 7.41. The molecule has 3 unspecified atom stereocenters. The average Bonchev–Trinajstić information content (AvgIpc) is 2.97. The first kappa shape index (κ1) is 31.5. The summed E-state index contributed by atoms with van der Waals surface area (Å²) in [5.41, 5.74) is -1.72. The first-order chi connectivity index (χ1) is 20.7. The number of benzene rings is 2. The maximum atomic E-state index is 13.7. The Hall–Kier alpha value is -3.91. The lowest BCUT2D eigenvalue weighted by Crippen LogP contribution is -2.64. The van der Waals surface area contributed by atoms with Gasteiger partial charge in [-0.2, -0.15) is 0 Å². The van der Waals surface area contributed by atoms with Crippen molar-refractivity contribution in [1.29, 1.82) is 0 Å². The second kappa shape index (κ2) is 11.9. The number of aromatic hydroxyl groups is 5. The van der Waals surface area contributed by atoms with Crippen LogP contribution in [0, 0.1) is 0 Å². The van der Waals surface area contributed by atoms with Crippen LogP contribution in [0.25, 0.3) is 22.3 Å². The number of fused-ring (bicyclic) bond motifs is 1. The highest BCUT2D eigenvalue weighted by Gasteiger charge is 2.51. The third kappa shape index (κ3) is 5.45. The van der Waals surface area contributed by atoms with E-state index >= 15 is 0 Å². The second-order valence-corrected chi connectivity index (χ2v) is 10.4. The van der Waals surface area contributed by atoms with Gasteiger partial charge in [0.1, 0.15) is 59.1 Å². The van der Waals surface area contributed by atoms with Gasteiger partial charge in [0.15, 0.2) is 35.4 Å². The lowest BCUT2D eigenvalue weighted by molar-refractivity contribution is -0.355. The van der Waals surface area contributed by atoms with Crippen molar-refractivity contribution in [3.05, 3.63) is 34.5 Å². The Morgan fingerprint density at radius 3 is 2.07 bits per heavy atom. The Kier molecular flexibility index (Phi) is 8.51. The lowest BCUT2D eigenvalue weighted by atomic mass is 9.97. The summed E-state index contributed by atoms with van der Waals surface area (Å²) in [6, 6.07) is 3.60. The number of hydrogen-bond acceptors (Lipinski definition) is 17. The van der Waals surface area contributed by atoms with Crippen LogP contribution < -0.4 is 10.2 Å². The first-order valence-electron chi connectivity index (χ1n) is 13.2. The van der Waals surface area contributed by atoms with Gasteiger partial charge in [-0.3, -0.25) is 4.79 Å². The zero-order valence-electron chi connectivity index (χ0n) is 22.7. The van der Waals surface area contributed by atoms with Crippen molar-refractivity contribution >= 4 is 11.0 Å². The Morgan fingerprint density at radius 1 is 0.773 bits per heavy atom. The van der Waals surface area contributed by atoms with Crippen molar-refractivity contribution < 1.29 is 79.5 Å². The molecule has 0 bridgehead atoms. The van der Waals surface area contributed by atoms with E-state index in [1.165, 1.54) is 6.92 Å². The fourth-order valence-corrected chi connectivity index (χ4v) is 4.99. The zero-order valence-corrected chi connectivity index (χ0v) is 22.7. The van der Waals surface area contributed by atoms with Crippen molar-refractivity contribution in [2.45, 2.75) is 68.3 Å². The SMILES string of the molecule is C[C@@H]1OC(Oc2c(-c3cc(O)c(O)c(O)c3)oc3cc(O)cc(O)c3c2=O)C(OC2O[C@H](CO)[C@H](O)[C@H](O)[C@H]2O)[C@H](O)[C@H]1O. The molecule has 17 nitrogen and oxygen atoms in total. The number of rotatable bonds is 6. The molecule has 11 N–H and O–H groups in total. The lowest BCUT2D eigenvalue weighted by Gasteiger charge is -2.45. The quantitative estimate of drug-likeness (QED) is 0.132. The molecule has 3 heterocycles. The molecule has 2 aliphatic heterocycles. The maximum Gasteiger partial charge on any atom is 0.239 e. The van der Waals surface area contributed by atoms with Crippen molar-refractivity contribution in [2.24, 2.45) is 0 Å². The Bertz CT molecular complexity index is 1560. The molecule has 0 radical (unpaired) electrons. The van der Waals surface area contributed by atoms with Crippen LogP contribution in [-0.4, -0.2) is 124 Å². The second-order valence-electron chi connectivity index (χ2n) is 10.4. The standard InChI is InChI=1S/C27H30O17/c1-7-16(33)21(38)25(44-26-22(39)20(37)18(35)14(6-28)42-26)27(40-7)43-24-19(36)15-10(30)4-9(29)5-13(15)41-23(24)8-2-11(31)17(34)12(32)3-8/h2-5,7,14,16,18,20-22,25-35,37-39H,6H2,1H3/t7-,14+,16-,18-,20-,21+,22+,25?,26?,27?/m0/s1. The molecule has 2 aromatic carbocycles. The predicted octanol–water partition coefficient (Wildman–Crippen LogP) is -1.98. The molecule has 5 rings (SSSR count). The topological polar surface area (TPSA) is 290 Å². The number of aliphatic hydroxyl groups excluding tert-OH is 6. The molecule has 2 saturated heterocycles. The smallest absolute Gasteiger partial charge is 0.239 e. The number of hydrogen-bond donors (Lipinski definition) is 11. The minimum Gasteiger partial charge on any atom is -0.508 e. The zero-order chi connectivity index (χ0) is 32.2. The van der Waals surface area contributed by atoms with E-state index in [0.717, 1.165) is 24.3 Å². The highest BCUT2D eigenvalue weighted by Crippen LogP contribution is 2.43. The molecule has 44 heavy (non-hydrogen) atoms. The molecule has 0 amide bonds. The Balaban J connectivity index is 1.62.